The SMILES string of the molecule is Cc1cc(Br)cnc1-n1c(CC#N)nc2ccccc21. The van der Waals surface area contributed by atoms with E-state index in [1.165, 1.54) is 0 Å². The largest absolute Gasteiger partial charge is 0.279 e. The summed E-state index contributed by atoms with van der Waals surface area (Å²) in [7, 11) is 0. The Morgan fingerprint density at radius 3 is 2.90 bits per heavy atom. The lowest BCUT2D eigenvalue weighted by Gasteiger charge is -2.10. The standard InChI is InChI=1S/C15H11BrN4/c1-10-8-11(16)9-18-15(10)20-13-5-3-2-4-12(13)19-14(20)6-7-17/h2-5,8-9H,6H2,1H3. The summed E-state index contributed by atoms with van der Waals surface area (Å²) in [5, 5.41) is 9.00. The molecule has 0 aliphatic carbocycles. The molecule has 0 aliphatic rings. The zero-order valence-corrected chi connectivity index (χ0v) is 12.4. The van der Waals surface area contributed by atoms with E-state index in [0.717, 1.165) is 26.9 Å². The highest BCUT2D eigenvalue weighted by Gasteiger charge is 2.14. The summed E-state index contributed by atoms with van der Waals surface area (Å²) in [6, 6.07) is 12.0. The zero-order chi connectivity index (χ0) is 14.1. The van der Waals surface area contributed by atoms with Gasteiger partial charge in [0.15, 0.2) is 0 Å². The quantitative estimate of drug-likeness (QED) is 0.723. The molecule has 20 heavy (non-hydrogen) atoms. The number of imidazole rings is 1. The molecule has 0 saturated carbocycles. The molecule has 0 radical (unpaired) electrons. The Labute approximate surface area is 124 Å². The first-order valence-corrected chi connectivity index (χ1v) is 6.96. The monoisotopic (exact) mass is 326 g/mol. The molecular formula is C15H11BrN4. The Morgan fingerprint density at radius 1 is 1.35 bits per heavy atom. The van der Waals surface area contributed by atoms with Gasteiger partial charge in [-0.1, -0.05) is 12.1 Å². The van der Waals surface area contributed by atoms with Gasteiger partial charge in [0.1, 0.15) is 11.6 Å². The van der Waals surface area contributed by atoms with Crippen LogP contribution < -0.4 is 0 Å². The van der Waals surface area contributed by atoms with E-state index in [1.54, 1.807) is 6.20 Å². The molecule has 3 aromatic rings. The second-order valence-corrected chi connectivity index (χ2v) is 5.40. The third-order valence-electron chi connectivity index (χ3n) is 3.10. The van der Waals surface area contributed by atoms with Crippen LogP contribution in [-0.4, -0.2) is 14.5 Å². The van der Waals surface area contributed by atoms with Crippen molar-refractivity contribution in [2.24, 2.45) is 0 Å². The highest BCUT2D eigenvalue weighted by atomic mass is 79.9. The number of benzene rings is 1. The van der Waals surface area contributed by atoms with Crippen LogP contribution in [0, 0.1) is 18.3 Å². The van der Waals surface area contributed by atoms with E-state index in [-0.39, 0.29) is 6.42 Å². The summed E-state index contributed by atoms with van der Waals surface area (Å²) in [5.41, 5.74) is 2.87. The van der Waals surface area contributed by atoms with Crippen molar-refractivity contribution in [1.29, 1.82) is 5.26 Å². The van der Waals surface area contributed by atoms with E-state index >= 15 is 0 Å². The van der Waals surface area contributed by atoms with Gasteiger partial charge in [-0.3, -0.25) is 4.57 Å². The van der Waals surface area contributed by atoms with Crippen molar-refractivity contribution in [3.63, 3.8) is 0 Å². The minimum atomic E-state index is 0.256. The van der Waals surface area contributed by atoms with Crippen LogP contribution >= 0.6 is 15.9 Å². The lowest BCUT2D eigenvalue weighted by Crippen LogP contribution is -2.05. The fourth-order valence-corrected chi connectivity index (χ4v) is 2.71. The Hall–Kier alpha value is -2.19. The van der Waals surface area contributed by atoms with Gasteiger partial charge >= 0.3 is 0 Å². The van der Waals surface area contributed by atoms with E-state index < -0.39 is 0 Å². The summed E-state index contributed by atoms with van der Waals surface area (Å²) >= 11 is 3.42. The average Bonchev–Trinajstić information content (AvgIpc) is 2.78. The zero-order valence-electron chi connectivity index (χ0n) is 10.8. The Bertz CT molecular complexity index is 829. The molecule has 98 valence electrons. The van der Waals surface area contributed by atoms with Gasteiger partial charge in [-0.15, -0.1) is 0 Å². The van der Waals surface area contributed by atoms with Crippen LogP contribution in [0.1, 0.15) is 11.4 Å². The minimum absolute atomic E-state index is 0.256. The fourth-order valence-electron chi connectivity index (χ4n) is 2.27. The number of pyridine rings is 1. The van der Waals surface area contributed by atoms with E-state index in [4.69, 9.17) is 5.26 Å². The highest BCUT2D eigenvalue weighted by molar-refractivity contribution is 9.10. The number of aryl methyl sites for hydroxylation is 1. The number of nitrogens with zero attached hydrogens (tertiary/aromatic N) is 4. The molecule has 0 spiro atoms. The van der Waals surface area contributed by atoms with E-state index in [9.17, 15) is 0 Å². The third-order valence-corrected chi connectivity index (χ3v) is 3.53. The number of fused-ring (bicyclic) bond motifs is 1. The Kier molecular flexibility index (Phi) is 3.25. The Balaban J connectivity index is 2.33. The lowest BCUT2D eigenvalue weighted by molar-refractivity contribution is 0.910. The first kappa shape index (κ1) is 12.8. The molecular weight excluding hydrogens is 316 g/mol. The normalized spacial score (nSPS) is 10.7. The van der Waals surface area contributed by atoms with E-state index in [2.05, 4.69) is 32.0 Å². The van der Waals surface area contributed by atoms with Crippen molar-refractivity contribution < 1.29 is 0 Å². The van der Waals surface area contributed by atoms with Gasteiger partial charge in [0.2, 0.25) is 0 Å². The first-order valence-electron chi connectivity index (χ1n) is 6.16. The number of hydrogen-bond acceptors (Lipinski definition) is 3. The van der Waals surface area contributed by atoms with Crippen molar-refractivity contribution in [1.82, 2.24) is 14.5 Å². The molecule has 0 N–H and O–H groups in total. The molecule has 0 aliphatic heterocycles. The van der Waals surface area contributed by atoms with E-state index in [1.807, 2.05) is 41.8 Å². The average molecular weight is 327 g/mol. The van der Waals surface area contributed by atoms with Crippen molar-refractivity contribution in [3.8, 4) is 11.9 Å². The number of para-hydroxylation sites is 2. The highest BCUT2D eigenvalue weighted by Crippen LogP contribution is 2.24. The third kappa shape index (κ3) is 2.08. The predicted octanol–water partition coefficient (Wildman–Crippen LogP) is 3.56. The molecule has 0 amide bonds. The van der Waals surface area contributed by atoms with Crippen LogP contribution in [0.3, 0.4) is 0 Å². The van der Waals surface area contributed by atoms with Crippen LogP contribution in [0.5, 0.6) is 0 Å². The number of hydrogen-bond donors (Lipinski definition) is 0. The van der Waals surface area contributed by atoms with Gasteiger partial charge in [0, 0.05) is 10.7 Å². The Morgan fingerprint density at radius 2 is 2.15 bits per heavy atom. The maximum absolute atomic E-state index is 9.00. The van der Waals surface area contributed by atoms with Crippen LogP contribution in [0.25, 0.3) is 16.9 Å². The molecule has 5 heteroatoms. The van der Waals surface area contributed by atoms with Gasteiger partial charge in [-0.25, -0.2) is 9.97 Å². The van der Waals surface area contributed by atoms with Crippen LogP contribution in [0.15, 0.2) is 41.0 Å². The van der Waals surface area contributed by atoms with Crippen LogP contribution in [0.4, 0.5) is 0 Å². The molecule has 0 atom stereocenters. The molecule has 2 heterocycles. The number of aromatic nitrogens is 3. The van der Waals surface area contributed by atoms with Crippen molar-refractivity contribution in [3.05, 3.63) is 52.4 Å². The van der Waals surface area contributed by atoms with Crippen LogP contribution in [0.2, 0.25) is 0 Å². The summed E-state index contributed by atoms with van der Waals surface area (Å²) in [4.78, 5) is 9.01. The maximum Gasteiger partial charge on any atom is 0.141 e. The van der Waals surface area contributed by atoms with Crippen molar-refractivity contribution >= 4 is 27.0 Å². The second-order valence-electron chi connectivity index (χ2n) is 4.48. The van der Waals surface area contributed by atoms with Crippen molar-refractivity contribution in [2.45, 2.75) is 13.3 Å². The first-order chi connectivity index (χ1) is 9.70. The lowest BCUT2D eigenvalue weighted by atomic mass is 10.2. The summed E-state index contributed by atoms with van der Waals surface area (Å²) in [6.07, 6.45) is 2.01. The van der Waals surface area contributed by atoms with E-state index in [0.29, 0.717) is 5.82 Å². The smallest absolute Gasteiger partial charge is 0.141 e. The number of rotatable bonds is 2. The van der Waals surface area contributed by atoms with Crippen molar-refractivity contribution in [2.75, 3.05) is 0 Å². The summed E-state index contributed by atoms with van der Waals surface area (Å²) < 4.78 is 2.89. The number of halogens is 1. The van der Waals surface area contributed by atoms with Gasteiger partial charge in [0.05, 0.1) is 23.5 Å². The van der Waals surface area contributed by atoms with Gasteiger partial charge in [-0.05, 0) is 46.6 Å². The topological polar surface area (TPSA) is 54.5 Å². The molecule has 0 saturated heterocycles. The predicted molar refractivity (Wildman–Crippen MR) is 80.6 cm³/mol. The molecule has 4 nitrogen and oxygen atoms in total. The maximum atomic E-state index is 9.00. The minimum Gasteiger partial charge on any atom is -0.279 e. The van der Waals surface area contributed by atoms with Crippen LogP contribution in [-0.2, 0) is 6.42 Å². The van der Waals surface area contributed by atoms with Gasteiger partial charge in [0.25, 0.3) is 0 Å². The summed E-state index contributed by atoms with van der Waals surface area (Å²) in [5.74, 6) is 1.53. The molecule has 1 aromatic carbocycles. The van der Waals surface area contributed by atoms with Gasteiger partial charge in [-0.2, -0.15) is 5.26 Å². The van der Waals surface area contributed by atoms with Gasteiger partial charge < -0.3 is 0 Å². The molecule has 0 unspecified atom stereocenters. The number of nitriles is 1. The summed E-state index contributed by atoms with van der Waals surface area (Å²) in [6.45, 7) is 2.00. The molecule has 0 bridgehead atoms. The molecule has 2 aromatic heterocycles. The fraction of sp³-hybridized carbons (Fsp3) is 0.133. The molecule has 0 fully saturated rings. The molecule has 3 rings (SSSR count). The second kappa shape index (κ2) is 5.06.